The first-order valence-corrected chi connectivity index (χ1v) is 6.60. The first-order chi connectivity index (χ1) is 9.47. The fourth-order valence-corrected chi connectivity index (χ4v) is 1.86. The number of carbonyl (C=O) groups excluding carboxylic acids is 1. The van der Waals surface area contributed by atoms with Crippen LogP contribution >= 0.6 is 0 Å². The number of hydrogen-bond donors (Lipinski definition) is 1. The van der Waals surface area contributed by atoms with Crippen LogP contribution in [0.3, 0.4) is 0 Å². The quantitative estimate of drug-likeness (QED) is 0.828. The molecule has 1 N–H and O–H groups in total. The van der Waals surface area contributed by atoms with Crippen LogP contribution in [0.25, 0.3) is 0 Å². The van der Waals surface area contributed by atoms with E-state index in [2.05, 4.69) is 0 Å². The number of carbonyl (C=O) groups is 1. The fourth-order valence-electron chi connectivity index (χ4n) is 1.86. The summed E-state index contributed by atoms with van der Waals surface area (Å²) in [7, 11) is 4.92. The molecule has 1 aromatic rings. The van der Waals surface area contributed by atoms with E-state index in [1.54, 1.807) is 33.1 Å². The monoisotopic (exact) mass is 281 g/mol. The zero-order valence-corrected chi connectivity index (χ0v) is 12.5. The molecule has 0 saturated carbocycles. The van der Waals surface area contributed by atoms with Crippen LogP contribution in [0, 0.1) is 0 Å². The zero-order valence-electron chi connectivity index (χ0n) is 12.5. The third-order valence-corrected chi connectivity index (χ3v) is 3.07. The molecule has 0 heterocycles. The first kappa shape index (κ1) is 16.3. The molecule has 0 bridgehead atoms. The summed E-state index contributed by atoms with van der Waals surface area (Å²) in [5.74, 6) is 1.33. The van der Waals surface area contributed by atoms with Gasteiger partial charge >= 0.3 is 0 Å². The van der Waals surface area contributed by atoms with Crippen LogP contribution in [0.1, 0.15) is 25.3 Å². The second kappa shape index (κ2) is 7.75. The van der Waals surface area contributed by atoms with Gasteiger partial charge in [-0.15, -0.1) is 0 Å². The number of aliphatic hydroxyl groups is 1. The van der Waals surface area contributed by atoms with Crippen molar-refractivity contribution in [2.75, 3.05) is 21.3 Å². The average Bonchev–Trinajstić information content (AvgIpc) is 2.44. The smallest absolute Gasteiger partial charge is 0.222 e. The number of aliphatic hydroxyl groups excluding tert-OH is 1. The van der Waals surface area contributed by atoms with Gasteiger partial charge in [0.05, 0.1) is 20.3 Å². The highest BCUT2D eigenvalue weighted by atomic mass is 16.5. The molecule has 0 saturated heterocycles. The van der Waals surface area contributed by atoms with Gasteiger partial charge in [0.15, 0.2) is 11.5 Å². The Kier molecular flexibility index (Phi) is 6.31. The summed E-state index contributed by atoms with van der Waals surface area (Å²) >= 11 is 0. The molecule has 0 aliphatic rings. The predicted octanol–water partition coefficient (Wildman–Crippen LogP) is 1.82. The average molecular weight is 281 g/mol. The second-order valence-corrected chi connectivity index (χ2v) is 4.83. The molecule has 0 fully saturated rings. The van der Waals surface area contributed by atoms with Crippen molar-refractivity contribution in [2.45, 2.75) is 32.4 Å². The zero-order chi connectivity index (χ0) is 15.1. The van der Waals surface area contributed by atoms with E-state index in [0.29, 0.717) is 30.9 Å². The number of ether oxygens (including phenoxy) is 2. The highest BCUT2D eigenvalue weighted by Crippen LogP contribution is 2.27. The van der Waals surface area contributed by atoms with E-state index in [1.165, 1.54) is 0 Å². The largest absolute Gasteiger partial charge is 0.493 e. The summed E-state index contributed by atoms with van der Waals surface area (Å²) in [5.41, 5.74) is 0.968. The van der Waals surface area contributed by atoms with Crippen molar-refractivity contribution in [1.29, 1.82) is 0 Å². The molecule has 0 aromatic heterocycles. The Morgan fingerprint density at radius 2 is 1.95 bits per heavy atom. The molecule has 0 radical (unpaired) electrons. The first-order valence-electron chi connectivity index (χ1n) is 6.60. The van der Waals surface area contributed by atoms with E-state index in [0.717, 1.165) is 5.56 Å². The molecule has 20 heavy (non-hydrogen) atoms. The summed E-state index contributed by atoms with van der Waals surface area (Å²) in [4.78, 5) is 13.5. The number of benzene rings is 1. The third kappa shape index (κ3) is 4.74. The summed E-state index contributed by atoms with van der Waals surface area (Å²) in [6.45, 7) is 2.18. The van der Waals surface area contributed by atoms with Gasteiger partial charge < -0.3 is 19.5 Å². The maximum Gasteiger partial charge on any atom is 0.222 e. The molecule has 112 valence electrons. The number of rotatable bonds is 7. The number of nitrogens with zero attached hydrogens (tertiary/aromatic N) is 1. The summed E-state index contributed by atoms with van der Waals surface area (Å²) in [6.07, 6.45) is 0.379. The van der Waals surface area contributed by atoms with Crippen molar-refractivity contribution in [1.82, 2.24) is 4.90 Å². The minimum atomic E-state index is -0.451. The maximum absolute atomic E-state index is 11.9. The lowest BCUT2D eigenvalue weighted by atomic mass is 10.1. The minimum absolute atomic E-state index is 0.0145. The summed E-state index contributed by atoms with van der Waals surface area (Å²) in [6, 6.07) is 5.58. The molecule has 1 amide bonds. The highest BCUT2D eigenvalue weighted by Gasteiger charge is 2.12. The summed E-state index contributed by atoms with van der Waals surface area (Å²) < 4.78 is 10.4. The van der Waals surface area contributed by atoms with Crippen LogP contribution in [-0.4, -0.2) is 43.3 Å². The van der Waals surface area contributed by atoms with E-state index in [1.807, 2.05) is 18.2 Å². The van der Waals surface area contributed by atoms with Crippen molar-refractivity contribution in [3.8, 4) is 11.5 Å². The Bertz CT molecular complexity index is 445. The maximum atomic E-state index is 11.9. The Labute approximate surface area is 120 Å². The molecule has 5 nitrogen and oxygen atoms in total. The second-order valence-electron chi connectivity index (χ2n) is 4.83. The van der Waals surface area contributed by atoms with Crippen LogP contribution in [0.15, 0.2) is 18.2 Å². The van der Waals surface area contributed by atoms with Crippen LogP contribution in [0.4, 0.5) is 0 Å². The van der Waals surface area contributed by atoms with Crippen molar-refractivity contribution in [2.24, 2.45) is 0 Å². The highest BCUT2D eigenvalue weighted by molar-refractivity contribution is 5.75. The van der Waals surface area contributed by atoms with E-state index in [4.69, 9.17) is 9.47 Å². The SMILES string of the molecule is COc1ccc(CN(C)C(=O)CCC(C)O)cc1OC. The number of methoxy groups -OCH3 is 2. The Morgan fingerprint density at radius 1 is 1.30 bits per heavy atom. The van der Waals surface area contributed by atoms with Gasteiger partial charge in [-0.1, -0.05) is 6.07 Å². The van der Waals surface area contributed by atoms with Gasteiger partial charge in [-0.3, -0.25) is 4.79 Å². The molecule has 1 atom stereocenters. The molecule has 1 rings (SSSR count). The van der Waals surface area contributed by atoms with Gasteiger partial charge in [0, 0.05) is 20.0 Å². The van der Waals surface area contributed by atoms with E-state index >= 15 is 0 Å². The lowest BCUT2D eigenvalue weighted by Gasteiger charge is -2.18. The standard InChI is InChI=1S/C15H23NO4/c1-11(17)5-8-15(18)16(2)10-12-6-7-13(19-3)14(9-12)20-4/h6-7,9,11,17H,5,8,10H2,1-4H3. The molecule has 0 aliphatic carbocycles. The van der Waals surface area contributed by atoms with E-state index < -0.39 is 6.10 Å². The van der Waals surface area contributed by atoms with Gasteiger partial charge in [0.2, 0.25) is 5.91 Å². The molecule has 1 unspecified atom stereocenters. The Morgan fingerprint density at radius 3 is 2.50 bits per heavy atom. The van der Waals surface area contributed by atoms with Gasteiger partial charge in [-0.05, 0) is 31.0 Å². The van der Waals surface area contributed by atoms with E-state index in [-0.39, 0.29) is 5.91 Å². The van der Waals surface area contributed by atoms with Gasteiger partial charge in [-0.25, -0.2) is 0 Å². The lowest BCUT2D eigenvalue weighted by molar-refractivity contribution is -0.131. The van der Waals surface area contributed by atoms with Crippen molar-refractivity contribution in [3.05, 3.63) is 23.8 Å². The molecule has 5 heteroatoms. The summed E-state index contributed by atoms with van der Waals surface area (Å²) in [5, 5.41) is 9.20. The molecule has 0 aliphatic heterocycles. The molecular weight excluding hydrogens is 258 g/mol. The van der Waals surface area contributed by atoms with Crippen LogP contribution in [0.5, 0.6) is 11.5 Å². The third-order valence-electron chi connectivity index (χ3n) is 3.07. The molecule has 0 spiro atoms. The molecule has 1 aromatic carbocycles. The van der Waals surface area contributed by atoms with Gasteiger partial charge in [0.25, 0.3) is 0 Å². The van der Waals surface area contributed by atoms with E-state index in [9.17, 15) is 9.90 Å². The van der Waals surface area contributed by atoms with Gasteiger partial charge in [-0.2, -0.15) is 0 Å². The fraction of sp³-hybridized carbons (Fsp3) is 0.533. The van der Waals surface area contributed by atoms with Crippen molar-refractivity contribution < 1.29 is 19.4 Å². The normalized spacial score (nSPS) is 11.8. The Balaban J connectivity index is 2.65. The lowest BCUT2D eigenvalue weighted by Crippen LogP contribution is -2.26. The number of hydrogen-bond acceptors (Lipinski definition) is 4. The van der Waals surface area contributed by atoms with Crippen LogP contribution < -0.4 is 9.47 Å². The molecular formula is C15H23NO4. The van der Waals surface area contributed by atoms with Crippen LogP contribution in [0.2, 0.25) is 0 Å². The topological polar surface area (TPSA) is 59.0 Å². The van der Waals surface area contributed by atoms with Gasteiger partial charge in [0.1, 0.15) is 0 Å². The Hall–Kier alpha value is -1.75. The number of amides is 1. The van der Waals surface area contributed by atoms with Crippen molar-refractivity contribution >= 4 is 5.91 Å². The van der Waals surface area contributed by atoms with Crippen LogP contribution in [-0.2, 0) is 11.3 Å². The predicted molar refractivity (Wildman–Crippen MR) is 76.9 cm³/mol. The van der Waals surface area contributed by atoms with Crippen molar-refractivity contribution in [3.63, 3.8) is 0 Å². The minimum Gasteiger partial charge on any atom is -0.493 e.